The summed E-state index contributed by atoms with van der Waals surface area (Å²) in [4.78, 5) is 14.5. The number of nitrogens with zero attached hydrogens (tertiary/aromatic N) is 2. The van der Waals surface area contributed by atoms with Gasteiger partial charge in [0.2, 0.25) is 0 Å². The second-order valence-electron chi connectivity index (χ2n) is 5.46. The predicted octanol–water partition coefficient (Wildman–Crippen LogP) is 5.31. The second kappa shape index (κ2) is 5.45. The van der Waals surface area contributed by atoms with Crippen molar-refractivity contribution in [2.75, 3.05) is 0 Å². The Hall–Kier alpha value is -1.78. The van der Waals surface area contributed by atoms with Crippen molar-refractivity contribution in [2.45, 2.75) is 26.7 Å². The molecule has 0 radical (unpaired) electrons. The van der Waals surface area contributed by atoms with Crippen LogP contribution in [0.1, 0.15) is 19.5 Å². The number of hydrogen-bond donors (Lipinski definition) is 0. The highest BCUT2D eigenvalue weighted by atomic mass is 32.1. The minimum absolute atomic E-state index is 1.04. The summed E-state index contributed by atoms with van der Waals surface area (Å²) in [6, 6.07) is 8.72. The lowest BCUT2D eigenvalue weighted by atomic mass is 10.1. The summed E-state index contributed by atoms with van der Waals surface area (Å²) in [5.74, 6) is 0. The fraction of sp³-hybridized carbons (Fsp3) is 0.222. The van der Waals surface area contributed by atoms with Gasteiger partial charge in [0.1, 0.15) is 11.0 Å². The van der Waals surface area contributed by atoms with E-state index in [4.69, 9.17) is 0 Å². The molecule has 0 unspecified atom stereocenters. The van der Waals surface area contributed by atoms with Gasteiger partial charge in [-0.25, -0.2) is 0 Å². The lowest BCUT2D eigenvalue weighted by molar-refractivity contribution is 1.01. The summed E-state index contributed by atoms with van der Waals surface area (Å²) in [6.07, 6.45) is 5.69. The standard InChI is InChI=1S/C18H16N2S2/c1-11-13-5-3-4-6-14(13)15(21-11)7-8-16-18-17(12(2)22-16)19-9-10-20-18/h3-6,9-10H,7-8H2,1-2H3. The van der Waals surface area contributed by atoms with Gasteiger partial charge < -0.3 is 0 Å². The topological polar surface area (TPSA) is 25.8 Å². The van der Waals surface area contributed by atoms with E-state index in [2.05, 4.69) is 48.1 Å². The zero-order valence-electron chi connectivity index (χ0n) is 12.6. The average molecular weight is 324 g/mol. The summed E-state index contributed by atoms with van der Waals surface area (Å²) in [5, 5.41) is 2.81. The fourth-order valence-electron chi connectivity index (χ4n) is 2.99. The van der Waals surface area contributed by atoms with Crippen LogP contribution < -0.4 is 0 Å². The number of fused-ring (bicyclic) bond motifs is 2. The molecule has 0 aliphatic rings. The van der Waals surface area contributed by atoms with Crippen LogP contribution in [0.2, 0.25) is 0 Å². The molecule has 4 aromatic rings. The average Bonchev–Trinajstić information content (AvgIpc) is 3.04. The SMILES string of the molecule is Cc1sc(CCc2sc(C)c3nccnc23)c2ccccc12. The van der Waals surface area contributed by atoms with E-state index in [1.54, 1.807) is 12.4 Å². The van der Waals surface area contributed by atoms with E-state index in [1.807, 2.05) is 22.7 Å². The first-order chi connectivity index (χ1) is 10.7. The van der Waals surface area contributed by atoms with Gasteiger partial charge in [0.05, 0.1) is 0 Å². The maximum absolute atomic E-state index is 4.53. The number of thiophene rings is 2. The fourth-order valence-corrected chi connectivity index (χ4v) is 5.21. The van der Waals surface area contributed by atoms with Gasteiger partial charge in [-0.1, -0.05) is 24.3 Å². The van der Waals surface area contributed by atoms with Crippen LogP contribution in [-0.2, 0) is 12.8 Å². The van der Waals surface area contributed by atoms with Crippen molar-refractivity contribution in [3.8, 4) is 0 Å². The molecule has 22 heavy (non-hydrogen) atoms. The Balaban J connectivity index is 1.69. The molecule has 110 valence electrons. The molecule has 0 saturated heterocycles. The maximum atomic E-state index is 4.53. The Kier molecular flexibility index (Phi) is 3.43. The van der Waals surface area contributed by atoms with Crippen molar-refractivity contribution in [3.63, 3.8) is 0 Å². The van der Waals surface area contributed by atoms with Crippen LogP contribution in [0.3, 0.4) is 0 Å². The van der Waals surface area contributed by atoms with E-state index in [0.29, 0.717) is 0 Å². The molecule has 0 aliphatic carbocycles. The quantitative estimate of drug-likeness (QED) is 0.510. The molecule has 3 heterocycles. The van der Waals surface area contributed by atoms with Gasteiger partial charge in [-0.2, -0.15) is 0 Å². The molecule has 0 bridgehead atoms. The van der Waals surface area contributed by atoms with Crippen LogP contribution in [0.25, 0.3) is 21.8 Å². The summed E-state index contributed by atoms with van der Waals surface area (Å²) in [6.45, 7) is 4.35. The molecule has 2 nitrogen and oxygen atoms in total. The Bertz CT molecular complexity index is 886. The molecule has 0 atom stereocenters. The van der Waals surface area contributed by atoms with Crippen molar-refractivity contribution in [1.82, 2.24) is 9.97 Å². The van der Waals surface area contributed by atoms with E-state index in [1.165, 1.54) is 30.3 Å². The Morgan fingerprint density at radius 1 is 0.773 bits per heavy atom. The van der Waals surface area contributed by atoms with Crippen LogP contribution in [0.4, 0.5) is 0 Å². The highest BCUT2D eigenvalue weighted by Crippen LogP contribution is 2.33. The lowest BCUT2D eigenvalue weighted by Crippen LogP contribution is -1.88. The van der Waals surface area contributed by atoms with E-state index in [0.717, 1.165) is 23.9 Å². The van der Waals surface area contributed by atoms with Gasteiger partial charge in [0, 0.05) is 31.9 Å². The van der Waals surface area contributed by atoms with Crippen LogP contribution >= 0.6 is 22.7 Å². The molecule has 4 heteroatoms. The smallest absolute Gasteiger partial charge is 0.103 e. The highest BCUT2D eigenvalue weighted by molar-refractivity contribution is 7.14. The van der Waals surface area contributed by atoms with Crippen LogP contribution in [-0.4, -0.2) is 9.97 Å². The third-order valence-electron chi connectivity index (χ3n) is 4.03. The molecule has 3 aromatic heterocycles. The maximum Gasteiger partial charge on any atom is 0.103 e. The third kappa shape index (κ3) is 2.23. The molecule has 0 spiro atoms. The van der Waals surface area contributed by atoms with Crippen LogP contribution in [0.5, 0.6) is 0 Å². The molecule has 1 aromatic carbocycles. The van der Waals surface area contributed by atoms with E-state index < -0.39 is 0 Å². The zero-order chi connectivity index (χ0) is 15.1. The molecule has 0 amide bonds. The molecule has 0 saturated carbocycles. The van der Waals surface area contributed by atoms with Crippen molar-refractivity contribution in [1.29, 1.82) is 0 Å². The minimum atomic E-state index is 1.04. The number of rotatable bonds is 3. The van der Waals surface area contributed by atoms with Crippen molar-refractivity contribution in [3.05, 3.63) is 56.2 Å². The Morgan fingerprint density at radius 2 is 1.41 bits per heavy atom. The van der Waals surface area contributed by atoms with Gasteiger partial charge >= 0.3 is 0 Å². The largest absolute Gasteiger partial charge is 0.252 e. The van der Waals surface area contributed by atoms with Gasteiger partial charge in [0.25, 0.3) is 0 Å². The second-order valence-corrected chi connectivity index (χ2v) is 8.08. The number of benzene rings is 1. The summed E-state index contributed by atoms with van der Waals surface area (Å²) in [5.41, 5.74) is 2.15. The highest BCUT2D eigenvalue weighted by Gasteiger charge is 2.13. The monoisotopic (exact) mass is 324 g/mol. The molecule has 0 fully saturated rings. The molecule has 0 N–H and O–H groups in total. The third-order valence-corrected chi connectivity index (χ3v) is 6.37. The van der Waals surface area contributed by atoms with Crippen molar-refractivity contribution in [2.24, 2.45) is 0 Å². The van der Waals surface area contributed by atoms with Crippen LogP contribution in [0, 0.1) is 13.8 Å². The van der Waals surface area contributed by atoms with Gasteiger partial charge in [-0.15, -0.1) is 22.7 Å². The summed E-state index contributed by atoms with van der Waals surface area (Å²) in [7, 11) is 0. The summed E-state index contributed by atoms with van der Waals surface area (Å²) >= 11 is 3.77. The molecular weight excluding hydrogens is 308 g/mol. The Morgan fingerprint density at radius 3 is 2.23 bits per heavy atom. The van der Waals surface area contributed by atoms with Gasteiger partial charge in [0.15, 0.2) is 0 Å². The number of hydrogen-bond acceptors (Lipinski definition) is 4. The van der Waals surface area contributed by atoms with Gasteiger partial charge in [-0.3, -0.25) is 9.97 Å². The van der Waals surface area contributed by atoms with Crippen molar-refractivity contribution >= 4 is 44.5 Å². The molecule has 4 rings (SSSR count). The number of aromatic nitrogens is 2. The normalized spacial score (nSPS) is 11.5. The van der Waals surface area contributed by atoms with E-state index >= 15 is 0 Å². The molecular formula is C18H16N2S2. The van der Waals surface area contributed by atoms with E-state index in [-0.39, 0.29) is 0 Å². The predicted molar refractivity (Wildman–Crippen MR) is 96.1 cm³/mol. The molecule has 0 aliphatic heterocycles. The minimum Gasteiger partial charge on any atom is -0.252 e. The number of aryl methyl sites for hydroxylation is 4. The first kappa shape index (κ1) is 13.9. The van der Waals surface area contributed by atoms with E-state index in [9.17, 15) is 0 Å². The summed E-state index contributed by atoms with van der Waals surface area (Å²) < 4.78 is 0. The van der Waals surface area contributed by atoms with Gasteiger partial charge in [-0.05, 0) is 37.5 Å². The van der Waals surface area contributed by atoms with Crippen LogP contribution in [0.15, 0.2) is 36.7 Å². The first-order valence-corrected chi connectivity index (χ1v) is 9.03. The lowest BCUT2D eigenvalue weighted by Gasteiger charge is -1.99. The zero-order valence-corrected chi connectivity index (χ0v) is 14.2. The first-order valence-electron chi connectivity index (χ1n) is 7.40. The van der Waals surface area contributed by atoms with Crippen molar-refractivity contribution < 1.29 is 0 Å². The Labute approximate surface area is 137 Å².